The van der Waals surface area contributed by atoms with Crippen LogP contribution in [0.2, 0.25) is 0 Å². The van der Waals surface area contributed by atoms with Gasteiger partial charge in [0, 0.05) is 11.3 Å². The van der Waals surface area contributed by atoms with Crippen molar-refractivity contribution in [3.63, 3.8) is 0 Å². The van der Waals surface area contributed by atoms with E-state index in [2.05, 4.69) is 0 Å². The molecule has 4 atom stereocenters. The van der Waals surface area contributed by atoms with Gasteiger partial charge in [-0.25, -0.2) is 4.79 Å². The van der Waals surface area contributed by atoms with Gasteiger partial charge in [-0.1, -0.05) is 30.3 Å². The Kier molecular flexibility index (Phi) is 5.84. The summed E-state index contributed by atoms with van der Waals surface area (Å²) in [6.45, 7) is 0.842. The third-order valence-electron chi connectivity index (χ3n) is 6.53. The summed E-state index contributed by atoms with van der Waals surface area (Å²) >= 11 is 1.16. The number of hydrogen-bond donors (Lipinski definition) is 1. The highest BCUT2D eigenvalue weighted by Gasteiger charge is 2.65. The summed E-state index contributed by atoms with van der Waals surface area (Å²) in [5.74, 6) is -2.83. The first-order chi connectivity index (χ1) is 17.2. The first-order valence-electron chi connectivity index (χ1n) is 11.1. The fraction of sp³-hybridized carbons (Fsp3) is 0.320. The number of nitrogens with zero attached hydrogens (tertiary/aromatic N) is 2. The van der Waals surface area contributed by atoms with Gasteiger partial charge in [0.05, 0.1) is 18.2 Å². The predicted octanol–water partition coefficient (Wildman–Crippen LogP) is 1.12. The quantitative estimate of drug-likeness (QED) is 0.263. The second kappa shape index (κ2) is 8.75. The number of rotatable bonds is 6. The summed E-state index contributed by atoms with van der Waals surface area (Å²) in [6, 6.07) is 10.2. The maximum atomic E-state index is 13.3. The van der Waals surface area contributed by atoms with Crippen LogP contribution in [0, 0.1) is 0 Å². The Bertz CT molecular complexity index is 1290. The van der Waals surface area contributed by atoms with Crippen LogP contribution in [0.5, 0.6) is 5.75 Å². The van der Waals surface area contributed by atoms with Crippen LogP contribution in [-0.4, -0.2) is 86.9 Å². The van der Waals surface area contributed by atoms with E-state index in [0.717, 1.165) is 21.6 Å². The van der Waals surface area contributed by atoms with E-state index < -0.39 is 59.1 Å². The molecule has 3 aliphatic rings. The van der Waals surface area contributed by atoms with Crippen LogP contribution in [0.4, 0.5) is 0 Å². The highest BCUT2D eigenvalue weighted by atomic mass is 32.2. The Morgan fingerprint density at radius 2 is 1.78 bits per heavy atom. The topological polar surface area (TPSA) is 131 Å². The number of imide groups is 1. The lowest BCUT2D eigenvalue weighted by atomic mass is 9.90. The van der Waals surface area contributed by atoms with E-state index in [1.165, 1.54) is 26.2 Å². The fourth-order valence-corrected chi connectivity index (χ4v) is 6.17. The van der Waals surface area contributed by atoms with Crippen LogP contribution >= 0.6 is 11.8 Å². The van der Waals surface area contributed by atoms with E-state index >= 15 is 0 Å². The molecule has 3 amide bonds. The summed E-state index contributed by atoms with van der Waals surface area (Å²) < 4.78 is 10.3. The molecule has 2 aromatic rings. The molecular weight excluding hydrogens is 488 g/mol. The van der Waals surface area contributed by atoms with Crippen LogP contribution in [0.3, 0.4) is 0 Å². The van der Waals surface area contributed by atoms with Crippen LogP contribution in [0.25, 0.3) is 0 Å². The summed E-state index contributed by atoms with van der Waals surface area (Å²) in [6.07, 6.45) is 0. The molecule has 11 heteroatoms. The summed E-state index contributed by atoms with van der Waals surface area (Å²) in [5.41, 5.74) is -0.996. The number of benzene rings is 2. The summed E-state index contributed by atoms with van der Waals surface area (Å²) in [7, 11) is 1.44. The number of fused-ring (bicyclic) bond motifs is 2. The highest BCUT2D eigenvalue weighted by molar-refractivity contribution is 8.00. The van der Waals surface area contributed by atoms with Crippen molar-refractivity contribution >= 4 is 41.2 Å². The molecule has 0 saturated carbocycles. The van der Waals surface area contributed by atoms with Crippen molar-refractivity contribution in [1.29, 1.82) is 0 Å². The van der Waals surface area contributed by atoms with Crippen molar-refractivity contribution in [2.45, 2.75) is 30.0 Å². The molecule has 3 aliphatic heterocycles. The molecule has 5 rings (SSSR count). The standard InChI is InChI=1S/C25H22N2O8S/c1-25(33)12-36-23-18(26-20(29)15-9-8-14(34-2)10-16(15)21(26)30)22(31)27(23)19(25)24(32)35-11-17(28)13-6-4-3-5-7-13/h3-10,18-19,23,33H,11-12H2,1-2H3/t18?,19?,23-,25+/m0/s1. The Morgan fingerprint density at radius 1 is 1.08 bits per heavy atom. The second-order valence-corrected chi connectivity index (χ2v) is 10.0. The van der Waals surface area contributed by atoms with Crippen molar-refractivity contribution in [2.75, 3.05) is 19.5 Å². The van der Waals surface area contributed by atoms with Crippen LogP contribution < -0.4 is 4.74 Å². The fourth-order valence-electron chi connectivity index (χ4n) is 4.69. The number of amides is 3. The van der Waals surface area contributed by atoms with Gasteiger partial charge in [0.2, 0.25) is 0 Å². The van der Waals surface area contributed by atoms with Gasteiger partial charge in [-0.3, -0.25) is 24.1 Å². The van der Waals surface area contributed by atoms with Gasteiger partial charge in [0.1, 0.15) is 22.8 Å². The second-order valence-electron chi connectivity index (χ2n) is 8.94. The lowest BCUT2D eigenvalue weighted by molar-refractivity contribution is -0.179. The molecule has 186 valence electrons. The zero-order valence-corrected chi connectivity index (χ0v) is 20.2. The maximum Gasteiger partial charge on any atom is 0.332 e. The van der Waals surface area contributed by atoms with Crippen molar-refractivity contribution in [3.8, 4) is 5.75 Å². The minimum Gasteiger partial charge on any atom is -0.497 e. The van der Waals surface area contributed by atoms with E-state index in [9.17, 15) is 29.1 Å². The van der Waals surface area contributed by atoms with Gasteiger partial charge in [0.15, 0.2) is 18.4 Å². The van der Waals surface area contributed by atoms with Crippen molar-refractivity contribution in [3.05, 3.63) is 65.2 Å². The molecule has 0 spiro atoms. The Morgan fingerprint density at radius 3 is 2.47 bits per heavy atom. The van der Waals surface area contributed by atoms with Gasteiger partial charge in [0.25, 0.3) is 17.7 Å². The third-order valence-corrected chi connectivity index (χ3v) is 8.11. The molecule has 0 aromatic heterocycles. The number of methoxy groups -OCH3 is 1. The molecule has 2 fully saturated rings. The third kappa shape index (κ3) is 3.66. The summed E-state index contributed by atoms with van der Waals surface area (Å²) in [4.78, 5) is 66.8. The van der Waals surface area contributed by atoms with Gasteiger partial charge in [-0.15, -0.1) is 11.8 Å². The number of carbonyl (C=O) groups is 5. The SMILES string of the molecule is COc1ccc2c(c1)C(=O)N(C1C(=O)N3C(C(=O)OCC(=O)c4ccccc4)[C@](C)(O)CS[C@@H]13)C2=O. The van der Waals surface area contributed by atoms with Gasteiger partial charge in [-0.2, -0.15) is 0 Å². The number of ether oxygens (including phenoxy) is 2. The first kappa shape index (κ1) is 24.0. The van der Waals surface area contributed by atoms with Crippen LogP contribution in [0.15, 0.2) is 48.5 Å². The lowest BCUT2D eigenvalue weighted by Crippen LogP contribution is -2.79. The smallest absolute Gasteiger partial charge is 0.332 e. The minimum atomic E-state index is -1.65. The molecule has 36 heavy (non-hydrogen) atoms. The summed E-state index contributed by atoms with van der Waals surface area (Å²) in [5, 5.41) is 10.2. The van der Waals surface area contributed by atoms with E-state index in [1.54, 1.807) is 36.4 Å². The average Bonchev–Trinajstić information content (AvgIpc) is 3.11. The molecule has 10 nitrogen and oxygen atoms in total. The Hall–Kier alpha value is -3.70. The molecule has 3 heterocycles. The molecule has 0 aliphatic carbocycles. The molecule has 0 radical (unpaired) electrons. The molecule has 2 unspecified atom stereocenters. The number of thioether (sulfide) groups is 1. The zero-order chi connectivity index (χ0) is 25.8. The number of carbonyl (C=O) groups excluding carboxylic acids is 5. The first-order valence-corrected chi connectivity index (χ1v) is 12.2. The van der Waals surface area contributed by atoms with E-state index in [4.69, 9.17) is 9.47 Å². The number of β-lactam (4-membered cyclic amide) rings is 1. The molecule has 2 aromatic carbocycles. The van der Waals surface area contributed by atoms with Crippen molar-refractivity contribution in [1.82, 2.24) is 9.80 Å². The lowest BCUT2D eigenvalue weighted by Gasteiger charge is -2.57. The maximum absolute atomic E-state index is 13.3. The monoisotopic (exact) mass is 510 g/mol. The van der Waals surface area contributed by atoms with E-state index in [1.807, 2.05) is 0 Å². The van der Waals surface area contributed by atoms with Gasteiger partial charge >= 0.3 is 5.97 Å². The molecule has 0 bridgehead atoms. The van der Waals surface area contributed by atoms with Gasteiger partial charge in [-0.05, 0) is 25.1 Å². The number of ketones is 1. The van der Waals surface area contributed by atoms with Crippen molar-refractivity contribution < 1.29 is 38.6 Å². The normalized spacial score (nSPS) is 26.8. The van der Waals surface area contributed by atoms with E-state index in [0.29, 0.717) is 11.3 Å². The van der Waals surface area contributed by atoms with Crippen molar-refractivity contribution in [2.24, 2.45) is 0 Å². The van der Waals surface area contributed by atoms with Gasteiger partial charge < -0.3 is 19.5 Å². The van der Waals surface area contributed by atoms with Crippen LogP contribution in [-0.2, 0) is 14.3 Å². The molecule has 2 saturated heterocycles. The Labute approximate surface area is 210 Å². The zero-order valence-electron chi connectivity index (χ0n) is 19.4. The largest absolute Gasteiger partial charge is 0.497 e. The molecular formula is C25H22N2O8S. The predicted molar refractivity (Wildman–Crippen MR) is 127 cm³/mol. The average molecular weight is 511 g/mol. The van der Waals surface area contributed by atoms with Crippen LogP contribution in [0.1, 0.15) is 38.0 Å². The van der Waals surface area contributed by atoms with E-state index in [-0.39, 0.29) is 16.9 Å². The Balaban J connectivity index is 1.34. The number of aliphatic hydroxyl groups is 1. The highest BCUT2D eigenvalue weighted by Crippen LogP contribution is 2.46. The number of Topliss-reactive ketones (excluding diaryl/α,β-unsaturated/α-hetero) is 1. The molecule has 1 N–H and O–H groups in total. The number of hydrogen-bond acceptors (Lipinski definition) is 9. The number of esters is 1. The minimum absolute atomic E-state index is 0.0430.